The number of pyridine rings is 1. The molecule has 1 aliphatic heterocycles. The number of hydrogen-bond acceptors (Lipinski definition) is 3. The predicted octanol–water partition coefficient (Wildman–Crippen LogP) is 4.66. The van der Waals surface area contributed by atoms with E-state index in [1.807, 2.05) is 12.1 Å². The van der Waals surface area contributed by atoms with Crippen molar-refractivity contribution >= 4 is 23.2 Å². The Hall–Kier alpha value is -2.92. The smallest absolute Gasteiger partial charge is 0.258 e. The molecule has 0 saturated heterocycles. The Bertz CT molecular complexity index is 1010. The van der Waals surface area contributed by atoms with Gasteiger partial charge >= 0.3 is 0 Å². The second-order valence-corrected chi connectivity index (χ2v) is 6.72. The third-order valence-corrected chi connectivity index (χ3v) is 4.71. The predicted molar refractivity (Wildman–Crippen MR) is 102 cm³/mol. The fraction of sp³-hybridized carbons (Fsp3) is 0.143. The van der Waals surface area contributed by atoms with Crippen molar-refractivity contribution in [3.63, 3.8) is 0 Å². The molecule has 1 aliphatic rings. The van der Waals surface area contributed by atoms with Crippen LogP contribution in [0.15, 0.2) is 60.9 Å². The molecule has 2 heterocycles. The normalized spacial score (nSPS) is 13.4. The average Bonchev–Trinajstić information content (AvgIpc) is 2.68. The minimum atomic E-state index is -0.414. The number of amides is 1. The van der Waals surface area contributed by atoms with Crippen molar-refractivity contribution < 1.29 is 13.9 Å². The first-order chi connectivity index (χ1) is 13.1. The van der Waals surface area contributed by atoms with Gasteiger partial charge in [0.1, 0.15) is 6.61 Å². The highest BCUT2D eigenvalue weighted by Gasteiger charge is 2.26. The fourth-order valence-electron chi connectivity index (χ4n) is 3.13. The Morgan fingerprint density at radius 3 is 2.85 bits per heavy atom. The lowest BCUT2D eigenvalue weighted by Gasteiger charge is -2.28. The van der Waals surface area contributed by atoms with Crippen molar-refractivity contribution in [1.29, 1.82) is 0 Å². The summed E-state index contributed by atoms with van der Waals surface area (Å²) in [5, 5.41) is 0.629. The molecule has 136 valence electrons. The van der Waals surface area contributed by atoms with E-state index in [0.717, 1.165) is 17.5 Å². The summed E-state index contributed by atoms with van der Waals surface area (Å²) in [5.74, 6) is -0.312. The molecule has 0 atom stereocenters. The summed E-state index contributed by atoms with van der Waals surface area (Å²) in [6.07, 6.45) is 4.01. The van der Waals surface area contributed by atoms with E-state index < -0.39 is 5.82 Å². The van der Waals surface area contributed by atoms with Crippen molar-refractivity contribution in [3.05, 3.63) is 88.5 Å². The summed E-state index contributed by atoms with van der Waals surface area (Å²) in [6.45, 7) is 0.710. The number of para-hydroxylation sites is 1. The molecule has 6 heteroatoms. The standard InChI is InChI=1S/C21H16ClFN2O2/c22-16-5-6-18-15(10-16)7-8-25(21(18)26)17-9-14(11-24-12-17)13-27-20-4-2-1-3-19(20)23/h1-6,9-12H,7-8,13H2. The van der Waals surface area contributed by atoms with Crippen molar-refractivity contribution in [1.82, 2.24) is 4.98 Å². The molecule has 0 bridgehead atoms. The van der Waals surface area contributed by atoms with Gasteiger partial charge in [-0.05, 0) is 48.4 Å². The second kappa shape index (κ2) is 7.37. The first-order valence-corrected chi connectivity index (χ1v) is 8.91. The van der Waals surface area contributed by atoms with E-state index in [4.69, 9.17) is 16.3 Å². The highest BCUT2D eigenvalue weighted by atomic mass is 35.5. The fourth-order valence-corrected chi connectivity index (χ4v) is 3.32. The van der Waals surface area contributed by atoms with Crippen molar-refractivity contribution in [2.75, 3.05) is 11.4 Å². The van der Waals surface area contributed by atoms with E-state index in [9.17, 15) is 9.18 Å². The zero-order valence-electron chi connectivity index (χ0n) is 14.4. The van der Waals surface area contributed by atoms with Crippen molar-refractivity contribution in [2.24, 2.45) is 0 Å². The van der Waals surface area contributed by atoms with Crippen LogP contribution >= 0.6 is 11.6 Å². The number of ether oxygens (including phenoxy) is 1. The van der Waals surface area contributed by atoms with Crippen LogP contribution in [0, 0.1) is 5.82 Å². The van der Waals surface area contributed by atoms with Gasteiger partial charge < -0.3 is 9.64 Å². The molecule has 0 unspecified atom stereocenters. The van der Waals surface area contributed by atoms with Crippen LogP contribution in [0.25, 0.3) is 0 Å². The maximum absolute atomic E-state index is 13.7. The molecular weight excluding hydrogens is 367 g/mol. The molecule has 0 fully saturated rings. The van der Waals surface area contributed by atoms with Crippen LogP contribution in [0.5, 0.6) is 5.75 Å². The number of carbonyl (C=O) groups is 1. The SMILES string of the molecule is O=C1c2ccc(Cl)cc2CCN1c1cncc(COc2ccccc2F)c1. The maximum Gasteiger partial charge on any atom is 0.258 e. The molecule has 2 aromatic carbocycles. The number of aromatic nitrogens is 1. The number of fused-ring (bicyclic) bond motifs is 1. The van der Waals surface area contributed by atoms with E-state index in [1.165, 1.54) is 6.07 Å². The van der Waals surface area contributed by atoms with Gasteiger partial charge in [-0.3, -0.25) is 9.78 Å². The van der Waals surface area contributed by atoms with Crippen LogP contribution in [0.2, 0.25) is 5.02 Å². The van der Waals surface area contributed by atoms with Crippen LogP contribution in [0.1, 0.15) is 21.5 Å². The first-order valence-electron chi connectivity index (χ1n) is 8.53. The van der Waals surface area contributed by atoms with E-state index >= 15 is 0 Å². The Labute approximate surface area is 161 Å². The highest BCUT2D eigenvalue weighted by Crippen LogP contribution is 2.27. The molecule has 1 aromatic heterocycles. The number of hydrogen-bond donors (Lipinski definition) is 0. The molecule has 3 aromatic rings. The molecule has 0 spiro atoms. The Balaban J connectivity index is 1.53. The largest absolute Gasteiger partial charge is 0.486 e. The van der Waals surface area contributed by atoms with Crippen LogP contribution < -0.4 is 9.64 Å². The van der Waals surface area contributed by atoms with Crippen LogP contribution in [-0.4, -0.2) is 17.4 Å². The third kappa shape index (κ3) is 3.64. The molecule has 4 rings (SSSR count). The Kier molecular flexibility index (Phi) is 4.77. The van der Waals surface area contributed by atoms with Gasteiger partial charge in [0.05, 0.1) is 11.9 Å². The zero-order chi connectivity index (χ0) is 18.8. The number of halogens is 2. The summed E-state index contributed by atoms with van der Waals surface area (Å²) < 4.78 is 19.2. The zero-order valence-corrected chi connectivity index (χ0v) is 15.1. The van der Waals surface area contributed by atoms with Crippen LogP contribution in [0.3, 0.4) is 0 Å². The van der Waals surface area contributed by atoms with Gasteiger partial charge in [0.15, 0.2) is 11.6 Å². The first kappa shape index (κ1) is 17.5. The van der Waals surface area contributed by atoms with Crippen molar-refractivity contribution in [3.8, 4) is 5.75 Å². The number of rotatable bonds is 4. The molecule has 1 amide bonds. The van der Waals surface area contributed by atoms with Gasteiger partial charge in [-0.2, -0.15) is 0 Å². The Morgan fingerprint density at radius 2 is 2.00 bits per heavy atom. The number of benzene rings is 2. The lowest BCUT2D eigenvalue weighted by atomic mass is 9.98. The summed E-state index contributed by atoms with van der Waals surface area (Å²) >= 11 is 6.02. The summed E-state index contributed by atoms with van der Waals surface area (Å²) in [4.78, 5) is 18.7. The summed E-state index contributed by atoms with van der Waals surface area (Å²) in [6, 6.07) is 13.4. The summed E-state index contributed by atoms with van der Waals surface area (Å²) in [7, 11) is 0. The van der Waals surface area contributed by atoms with Gasteiger partial charge in [0.2, 0.25) is 0 Å². The van der Waals surface area contributed by atoms with E-state index in [2.05, 4.69) is 4.98 Å². The molecular formula is C21H16ClFN2O2. The molecule has 0 radical (unpaired) electrons. The molecule has 0 N–H and O–H groups in total. The number of anilines is 1. The topological polar surface area (TPSA) is 42.4 Å². The lowest BCUT2D eigenvalue weighted by molar-refractivity contribution is 0.0980. The molecule has 0 aliphatic carbocycles. The molecule has 27 heavy (non-hydrogen) atoms. The van der Waals surface area contributed by atoms with Gasteiger partial charge in [-0.1, -0.05) is 23.7 Å². The van der Waals surface area contributed by atoms with Gasteiger partial charge in [-0.15, -0.1) is 0 Å². The van der Waals surface area contributed by atoms with Gasteiger partial charge in [0, 0.05) is 28.9 Å². The quantitative estimate of drug-likeness (QED) is 0.659. The minimum absolute atomic E-state index is 0.0816. The average molecular weight is 383 g/mol. The van der Waals surface area contributed by atoms with Crippen LogP contribution in [-0.2, 0) is 13.0 Å². The monoisotopic (exact) mass is 382 g/mol. The van der Waals surface area contributed by atoms with Crippen LogP contribution in [0.4, 0.5) is 10.1 Å². The minimum Gasteiger partial charge on any atom is -0.486 e. The third-order valence-electron chi connectivity index (χ3n) is 4.47. The Morgan fingerprint density at radius 1 is 1.15 bits per heavy atom. The van der Waals surface area contributed by atoms with E-state index in [0.29, 0.717) is 22.8 Å². The van der Waals surface area contributed by atoms with E-state index in [-0.39, 0.29) is 18.3 Å². The second-order valence-electron chi connectivity index (χ2n) is 6.28. The van der Waals surface area contributed by atoms with Crippen molar-refractivity contribution in [2.45, 2.75) is 13.0 Å². The summed E-state index contributed by atoms with van der Waals surface area (Å²) in [5.41, 5.74) is 3.05. The molecule has 4 nitrogen and oxygen atoms in total. The number of nitrogens with zero attached hydrogens (tertiary/aromatic N) is 2. The number of carbonyl (C=O) groups excluding carboxylic acids is 1. The highest BCUT2D eigenvalue weighted by molar-refractivity contribution is 6.30. The lowest BCUT2D eigenvalue weighted by Crippen LogP contribution is -2.37. The van der Waals surface area contributed by atoms with Gasteiger partial charge in [-0.25, -0.2) is 4.39 Å². The molecule has 0 saturated carbocycles. The van der Waals surface area contributed by atoms with Gasteiger partial charge in [0.25, 0.3) is 5.91 Å². The maximum atomic E-state index is 13.7. The van der Waals surface area contributed by atoms with E-state index in [1.54, 1.807) is 47.6 Å².